The van der Waals surface area contributed by atoms with E-state index in [1.807, 2.05) is 0 Å². The van der Waals surface area contributed by atoms with Gasteiger partial charge in [-0.2, -0.15) is 0 Å². The Morgan fingerprint density at radius 1 is 1.06 bits per heavy atom. The minimum absolute atomic E-state index is 0.0333. The molecule has 0 spiro atoms. The summed E-state index contributed by atoms with van der Waals surface area (Å²) in [6, 6.07) is 0. The van der Waals surface area contributed by atoms with Gasteiger partial charge in [-0.15, -0.1) is 0 Å². The molecule has 18 heavy (non-hydrogen) atoms. The van der Waals surface area contributed by atoms with Crippen molar-refractivity contribution in [2.24, 2.45) is 11.1 Å². The van der Waals surface area contributed by atoms with Gasteiger partial charge in [0.25, 0.3) is 0 Å². The number of nitrogens with zero attached hydrogens (tertiary/aromatic N) is 1. The topological polar surface area (TPSA) is 46.3 Å². The molecule has 0 aromatic rings. The molecule has 0 bridgehead atoms. The molecule has 1 saturated carbocycles. The maximum atomic E-state index is 13.0. The number of amides is 1. The smallest absolute Gasteiger partial charge is 0.230 e. The van der Waals surface area contributed by atoms with Gasteiger partial charge in [-0.25, -0.2) is 0 Å². The number of hydrogen-bond donors (Lipinski definition) is 1. The highest BCUT2D eigenvalue weighted by atomic mass is 16.2. The summed E-state index contributed by atoms with van der Waals surface area (Å²) < 4.78 is 0. The minimum atomic E-state index is -0.252. The monoisotopic (exact) mass is 252 g/mol. The second-order valence-corrected chi connectivity index (χ2v) is 6.77. The quantitative estimate of drug-likeness (QED) is 0.768. The molecule has 1 saturated heterocycles. The molecule has 0 aromatic heterocycles. The van der Waals surface area contributed by atoms with Gasteiger partial charge in [-0.1, -0.05) is 25.7 Å². The van der Waals surface area contributed by atoms with Crippen molar-refractivity contribution in [2.45, 2.75) is 70.8 Å². The van der Waals surface area contributed by atoms with Crippen LogP contribution in [0.5, 0.6) is 0 Å². The highest BCUT2D eigenvalue weighted by Gasteiger charge is 2.45. The lowest BCUT2D eigenvalue weighted by Crippen LogP contribution is -2.52. The molecule has 1 aliphatic heterocycles. The lowest BCUT2D eigenvalue weighted by molar-refractivity contribution is -0.146. The predicted molar refractivity (Wildman–Crippen MR) is 74.2 cm³/mol. The van der Waals surface area contributed by atoms with Gasteiger partial charge in [0.05, 0.1) is 5.41 Å². The van der Waals surface area contributed by atoms with Gasteiger partial charge in [0.2, 0.25) is 5.91 Å². The summed E-state index contributed by atoms with van der Waals surface area (Å²) in [5, 5.41) is 0. The van der Waals surface area contributed by atoms with E-state index in [2.05, 4.69) is 18.7 Å². The zero-order chi connectivity index (χ0) is 13.2. The van der Waals surface area contributed by atoms with E-state index in [9.17, 15) is 4.79 Å². The van der Waals surface area contributed by atoms with Crippen LogP contribution in [0.15, 0.2) is 0 Å². The van der Waals surface area contributed by atoms with E-state index in [1.165, 1.54) is 12.8 Å². The van der Waals surface area contributed by atoms with Crippen LogP contribution in [0.2, 0.25) is 0 Å². The largest absolute Gasteiger partial charge is 0.337 e. The first-order valence-electron chi connectivity index (χ1n) is 7.54. The fourth-order valence-electron chi connectivity index (χ4n) is 3.68. The van der Waals surface area contributed by atoms with Crippen LogP contribution in [-0.4, -0.2) is 29.4 Å². The van der Waals surface area contributed by atoms with Crippen LogP contribution in [0.1, 0.15) is 65.2 Å². The van der Waals surface area contributed by atoms with E-state index in [0.29, 0.717) is 12.5 Å². The molecule has 1 heterocycles. The second kappa shape index (κ2) is 5.20. The number of hydrogen-bond acceptors (Lipinski definition) is 2. The van der Waals surface area contributed by atoms with Crippen LogP contribution in [0, 0.1) is 5.41 Å². The summed E-state index contributed by atoms with van der Waals surface area (Å²) in [5.74, 6) is 0.342. The first-order chi connectivity index (χ1) is 8.52. The summed E-state index contributed by atoms with van der Waals surface area (Å²) in [4.78, 5) is 15.1. The number of nitrogens with two attached hydrogens (primary N) is 1. The molecular weight excluding hydrogens is 224 g/mol. The van der Waals surface area contributed by atoms with Crippen molar-refractivity contribution in [1.29, 1.82) is 0 Å². The zero-order valence-electron chi connectivity index (χ0n) is 12.0. The number of rotatable bonds is 2. The molecule has 104 valence electrons. The first-order valence-corrected chi connectivity index (χ1v) is 7.54. The van der Waals surface area contributed by atoms with Crippen LogP contribution in [0.3, 0.4) is 0 Å². The third kappa shape index (κ3) is 2.42. The Morgan fingerprint density at radius 3 is 2.11 bits per heavy atom. The molecule has 0 unspecified atom stereocenters. The molecule has 2 N–H and O–H groups in total. The number of carbonyl (C=O) groups is 1. The Kier molecular flexibility index (Phi) is 4.00. The van der Waals surface area contributed by atoms with Crippen molar-refractivity contribution >= 4 is 5.91 Å². The zero-order valence-corrected chi connectivity index (χ0v) is 12.0. The normalized spacial score (nSPS) is 26.9. The highest BCUT2D eigenvalue weighted by Crippen LogP contribution is 2.40. The van der Waals surface area contributed by atoms with Crippen LogP contribution in [-0.2, 0) is 4.79 Å². The molecule has 2 fully saturated rings. The van der Waals surface area contributed by atoms with Gasteiger partial charge in [-0.05, 0) is 39.5 Å². The van der Waals surface area contributed by atoms with Crippen molar-refractivity contribution in [2.75, 3.05) is 13.1 Å². The van der Waals surface area contributed by atoms with Crippen molar-refractivity contribution in [3.8, 4) is 0 Å². The summed E-state index contributed by atoms with van der Waals surface area (Å²) >= 11 is 0. The molecule has 2 aliphatic rings. The molecule has 0 radical (unpaired) electrons. The molecule has 1 amide bonds. The van der Waals surface area contributed by atoms with Crippen molar-refractivity contribution in [3.63, 3.8) is 0 Å². The third-order valence-corrected chi connectivity index (χ3v) is 5.05. The molecule has 0 atom stereocenters. The summed E-state index contributed by atoms with van der Waals surface area (Å²) in [6.45, 7) is 5.84. The lowest BCUT2D eigenvalue weighted by atomic mass is 9.78. The maximum absolute atomic E-state index is 13.0. The van der Waals surface area contributed by atoms with E-state index in [4.69, 9.17) is 5.73 Å². The summed E-state index contributed by atoms with van der Waals surface area (Å²) in [6.07, 6.45) is 9.11. The molecule has 3 heteroatoms. The van der Waals surface area contributed by atoms with Crippen LogP contribution >= 0.6 is 0 Å². The van der Waals surface area contributed by atoms with E-state index in [-0.39, 0.29) is 11.0 Å². The lowest BCUT2D eigenvalue weighted by Gasteiger charge is -2.40. The molecule has 3 nitrogen and oxygen atoms in total. The Balaban J connectivity index is 2.18. The molecule has 0 aromatic carbocycles. The summed E-state index contributed by atoms with van der Waals surface area (Å²) in [7, 11) is 0. The van der Waals surface area contributed by atoms with E-state index in [0.717, 1.165) is 45.1 Å². The van der Waals surface area contributed by atoms with Crippen LogP contribution in [0.4, 0.5) is 0 Å². The van der Waals surface area contributed by atoms with Crippen LogP contribution in [0.25, 0.3) is 0 Å². The third-order valence-electron chi connectivity index (χ3n) is 5.05. The SMILES string of the molecule is CC1(C)CCCN1C(=O)C1(CN)CCCCCC1. The first kappa shape index (κ1) is 13.9. The standard InChI is InChI=1S/C15H28N2O/c1-14(2)8-7-11-17(14)13(18)15(12-16)9-5-3-4-6-10-15/h3-12,16H2,1-2H3. The number of carbonyl (C=O) groups excluding carboxylic acids is 1. The Morgan fingerprint density at radius 2 is 1.67 bits per heavy atom. The van der Waals surface area contributed by atoms with E-state index in [1.54, 1.807) is 0 Å². The van der Waals surface area contributed by atoms with E-state index < -0.39 is 0 Å². The molecule has 1 aliphatic carbocycles. The minimum Gasteiger partial charge on any atom is -0.337 e. The molecule has 2 rings (SSSR count). The van der Waals surface area contributed by atoms with Gasteiger partial charge in [0, 0.05) is 18.6 Å². The Labute approximate surface area is 111 Å². The highest BCUT2D eigenvalue weighted by molar-refractivity contribution is 5.84. The van der Waals surface area contributed by atoms with Crippen molar-refractivity contribution in [3.05, 3.63) is 0 Å². The van der Waals surface area contributed by atoms with E-state index >= 15 is 0 Å². The predicted octanol–water partition coefficient (Wildman–Crippen LogP) is 2.69. The van der Waals surface area contributed by atoms with Gasteiger partial charge in [-0.3, -0.25) is 4.79 Å². The fourth-order valence-corrected chi connectivity index (χ4v) is 3.68. The summed E-state index contributed by atoms with van der Waals surface area (Å²) in [5.41, 5.74) is 5.80. The molecular formula is C15H28N2O. The Hall–Kier alpha value is -0.570. The van der Waals surface area contributed by atoms with Gasteiger partial charge >= 0.3 is 0 Å². The van der Waals surface area contributed by atoms with Gasteiger partial charge in [0.15, 0.2) is 0 Å². The van der Waals surface area contributed by atoms with Crippen LogP contribution < -0.4 is 5.73 Å². The Bertz CT molecular complexity index is 304. The average Bonchev–Trinajstić information content (AvgIpc) is 2.56. The van der Waals surface area contributed by atoms with Gasteiger partial charge < -0.3 is 10.6 Å². The fraction of sp³-hybridized carbons (Fsp3) is 0.933. The maximum Gasteiger partial charge on any atom is 0.230 e. The van der Waals surface area contributed by atoms with Crippen molar-refractivity contribution in [1.82, 2.24) is 4.90 Å². The van der Waals surface area contributed by atoms with Crippen molar-refractivity contribution < 1.29 is 4.79 Å². The van der Waals surface area contributed by atoms with Gasteiger partial charge in [0.1, 0.15) is 0 Å². The second-order valence-electron chi connectivity index (χ2n) is 6.77. The average molecular weight is 252 g/mol. The number of likely N-dealkylation sites (tertiary alicyclic amines) is 1.